The highest BCUT2D eigenvalue weighted by Crippen LogP contribution is 2.68. The van der Waals surface area contributed by atoms with Crippen LogP contribution in [0.4, 0.5) is 4.39 Å². The highest BCUT2D eigenvalue weighted by atomic mass is 19.1. The molecule has 0 aromatic heterocycles. The van der Waals surface area contributed by atoms with Gasteiger partial charge in [-0.05, 0) is 118 Å². The van der Waals surface area contributed by atoms with Gasteiger partial charge < -0.3 is 14.9 Å². The number of hydrogen-bond acceptors (Lipinski definition) is 3. The maximum absolute atomic E-state index is 13.3. The molecule has 1 amide bonds. The van der Waals surface area contributed by atoms with Crippen molar-refractivity contribution in [3.8, 4) is 0 Å². The van der Waals surface area contributed by atoms with E-state index in [9.17, 15) is 14.3 Å². The van der Waals surface area contributed by atoms with Crippen LogP contribution in [0.3, 0.4) is 0 Å². The van der Waals surface area contributed by atoms with E-state index in [1.165, 1.54) is 62.9 Å². The lowest BCUT2D eigenvalue weighted by Crippen LogP contribution is -2.53. The van der Waals surface area contributed by atoms with Crippen LogP contribution in [0, 0.1) is 40.3 Å². The van der Waals surface area contributed by atoms with Crippen LogP contribution in [0.25, 0.3) is 0 Å². The summed E-state index contributed by atoms with van der Waals surface area (Å²) in [6, 6.07) is 6.43. The first-order chi connectivity index (χ1) is 17.2. The number of aliphatic hydroxyl groups is 1. The first kappa shape index (κ1) is 24.6. The van der Waals surface area contributed by atoms with Crippen LogP contribution in [0.2, 0.25) is 0 Å². The molecular weight excluding hydrogens is 451 g/mol. The Balaban J connectivity index is 1.18. The SMILES string of the molecule is C[C@H]1C2CC[C@H]3[C@@H]4CC=C5C[C@@H](N(C)C(=O)C(O)c6ccc(F)cc6)CC[C@]5(C)[C@H]4CC[C@]23CN1C. The van der Waals surface area contributed by atoms with Gasteiger partial charge in [0.15, 0.2) is 6.10 Å². The van der Waals surface area contributed by atoms with Gasteiger partial charge in [-0.15, -0.1) is 0 Å². The third kappa shape index (κ3) is 3.48. The van der Waals surface area contributed by atoms with Crippen LogP contribution >= 0.6 is 0 Å². The molecule has 36 heavy (non-hydrogen) atoms. The number of amides is 1. The average Bonchev–Trinajstić information content (AvgIpc) is 3.36. The number of fused-ring (bicyclic) bond motifs is 4. The van der Waals surface area contributed by atoms with E-state index in [0.29, 0.717) is 11.0 Å². The van der Waals surface area contributed by atoms with Gasteiger partial charge in [0.1, 0.15) is 5.82 Å². The minimum Gasteiger partial charge on any atom is -0.378 e. The summed E-state index contributed by atoms with van der Waals surface area (Å²) in [4.78, 5) is 17.5. The summed E-state index contributed by atoms with van der Waals surface area (Å²) in [5.74, 6) is 2.68. The van der Waals surface area contributed by atoms with Gasteiger partial charge in [0, 0.05) is 25.7 Å². The topological polar surface area (TPSA) is 43.8 Å². The van der Waals surface area contributed by atoms with E-state index in [-0.39, 0.29) is 23.2 Å². The number of hydrogen-bond donors (Lipinski definition) is 1. The van der Waals surface area contributed by atoms with Crippen molar-refractivity contribution < 1.29 is 14.3 Å². The molecule has 3 saturated carbocycles. The monoisotopic (exact) mass is 494 g/mol. The zero-order valence-electron chi connectivity index (χ0n) is 22.4. The van der Waals surface area contributed by atoms with Crippen LogP contribution in [0.5, 0.6) is 0 Å². The summed E-state index contributed by atoms with van der Waals surface area (Å²) >= 11 is 0. The Morgan fingerprint density at radius 2 is 1.83 bits per heavy atom. The fraction of sp³-hybridized carbons (Fsp3) is 0.710. The van der Waals surface area contributed by atoms with Crippen molar-refractivity contribution in [3.05, 3.63) is 47.3 Å². The number of halogens is 1. The van der Waals surface area contributed by atoms with Crippen molar-refractivity contribution in [3.63, 3.8) is 0 Å². The Morgan fingerprint density at radius 1 is 1.11 bits per heavy atom. The molecule has 9 atom stereocenters. The Morgan fingerprint density at radius 3 is 2.58 bits per heavy atom. The maximum atomic E-state index is 13.3. The summed E-state index contributed by atoms with van der Waals surface area (Å²) < 4.78 is 13.3. The molecule has 196 valence electrons. The van der Waals surface area contributed by atoms with Crippen molar-refractivity contribution in [2.75, 3.05) is 20.6 Å². The van der Waals surface area contributed by atoms with Crippen LogP contribution < -0.4 is 0 Å². The maximum Gasteiger partial charge on any atom is 0.256 e. The molecule has 1 aromatic carbocycles. The van der Waals surface area contributed by atoms with Gasteiger partial charge >= 0.3 is 0 Å². The number of likely N-dealkylation sites (tertiary alicyclic amines) is 1. The summed E-state index contributed by atoms with van der Waals surface area (Å²) in [6.07, 6.45) is 11.1. The molecule has 6 rings (SSSR count). The Bertz CT molecular complexity index is 1060. The van der Waals surface area contributed by atoms with Gasteiger partial charge in [0.05, 0.1) is 0 Å². The van der Waals surface area contributed by atoms with Crippen molar-refractivity contribution in [2.24, 2.45) is 34.5 Å². The highest BCUT2D eigenvalue weighted by molar-refractivity contribution is 5.82. The van der Waals surface area contributed by atoms with E-state index in [2.05, 4.69) is 31.9 Å². The van der Waals surface area contributed by atoms with Crippen LogP contribution in [-0.2, 0) is 4.79 Å². The molecule has 1 aromatic rings. The first-order valence-corrected chi connectivity index (χ1v) is 14.3. The van der Waals surface area contributed by atoms with Crippen LogP contribution in [0.15, 0.2) is 35.9 Å². The lowest BCUT2D eigenvalue weighted by atomic mass is 9.47. The predicted molar refractivity (Wildman–Crippen MR) is 140 cm³/mol. The predicted octanol–water partition coefficient (Wildman–Crippen LogP) is 5.58. The van der Waals surface area contributed by atoms with Gasteiger partial charge in [0.25, 0.3) is 5.91 Å². The Kier molecular flexibility index (Phi) is 5.92. The number of aliphatic hydroxyl groups excluding tert-OH is 1. The normalized spacial score (nSPS) is 42.6. The second-order valence-electron chi connectivity index (χ2n) is 13.2. The smallest absolute Gasteiger partial charge is 0.256 e. The van der Waals surface area contributed by atoms with Crippen molar-refractivity contribution >= 4 is 5.91 Å². The summed E-state index contributed by atoms with van der Waals surface area (Å²) in [6.45, 7) is 6.28. The highest BCUT2D eigenvalue weighted by Gasteiger charge is 2.64. The van der Waals surface area contributed by atoms with E-state index in [4.69, 9.17) is 0 Å². The van der Waals surface area contributed by atoms with Gasteiger partial charge in [0.2, 0.25) is 0 Å². The molecule has 1 heterocycles. The van der Waals surface area contributed by atoms with E-state index < -0.39 is 6.10 Å². The lowest BCUT2D eigenvalue weighted by molar-refractivity contribution is -0.142. The third-order valence-corrected chi connectivity index (χ3v) is 12.0. The number of carbonyl (C=O) groups excluding carboxylic acids is 1. The largest absolute Gasteiger partial charge is 0.378 e. The molecule has 0 bridgehead atoms. The molecule has 2 unspecified atom stereocenters. The number of rotatable bonds is 3. The number of likely N-dealkylation sites (N-methyl/N-ethyl adjacent to an activating group) is 1. The van der Waals surface area contributed by atoms with Gasteiger partial charge in [-0.2, -0.15) is 0 Å². The lowest BCUT2D eigenvalue weighted by Gasteiger charge is -2.58. The second kappa shape index (κ2) is 8.66. The number of allylic oxidation sites excluding steroid dienone is 1. The third-order valence-electron chi connectivity index (χ3n) is 12.0. The molecule has 5 aliphatic rings. The summed E-state index contributed by atoms with van der Waals surface area (Å²) in [5, 5.41) is 10.7. The Labute approximate surface area is 215 Å². The molecule has 5 heteroatoms. The molecule has 1 N–H and O–H groups in total. The number of carbonyl (C=O) groups is 1. The van der Waals surface area contributed by atoms with E-state index in [1.54, 1.807) is 10.5 Å². The standard InChI is InChI=1S/C31H43FN2O2/c1-19-25-11-12-27-24-10-7-21-17-23(34(4)29(36)28(35)20-5-8-22(32)9-6-20)13-15-30(21,2)26(24)14-16-31(25,27)18-33(19)3/h5-9,19,23-28,35H,10-18H2,1-4H3/t19-,23-,24+,25?,26-,27-,28?,30-,31-/m0/s1. The molecule has 1 saturated heterocycles. The summed E-state index contributed by atoms with van der Waals surface area (Å²) in [7, 11) is 4.17. The Hall–Kier alpha value is -1.72. The van der Waals surface area contributed by atoms with Crippen LogP contribution in [0.1, 0.15) is 76.9 Å². The van der Waals surface area contributed by atoms with E-state index in [0.717, 1.165) is 49.0 Å². The molecular formula is C31H43FN2O2. The molecule has 1 spiro atoms. The van der Waals surface area contributed by atoms with Gasteiger partial charge in [-0.3, -0.25) is 4.79 Å². The average molecular weight is 495 g/mol. The van der Waals surface area contributed by atoms with Crippen molar-refractivity contribution in [1.29, 1.82) is 0 Å². The second-order valence-corrected chi connectivity index (χ2v) is 13.2. The molecule has 4 aliphatic carbocycles. The fourth-order valence-corrected chi connectivity index (χ4v) is 9.93. The van der Waals surface area contributed by atoms with Crippen LogP contribution in [-0.4, -0.2) is 53.5 Å². The minimum absolute atomic E-state index is 0.110. The molecule has 0 radical (unpaired) electrons. The minimum atomic E-state index is -1.24. The number of benzene rings is 1. The van der Waals surface area contributed by atoms with Crippen molar-refractivity contribution in [1.82, 2.24) is 9.80 Å². The molecule has 4 nitrogen and oxygen atoms in total. The quantitative estimate of drug-likeness (QED) is 0.558. The first-order valence-electron chi connectivity index (χ1n) is 14.3. The van der Waals surface area contributed by atoms with Crippen molar-refractivity contribution in [2.45, 2.75) is 83.4 Å². The van der Waals surface area contributed by atoms with Gasteiger partial charge in [-0.1, -0.05) is 30.7 Å². The summed E-state index contributed by atoms with van der Waals surface area (Å²) in [5.41, 5.74) is 2.80. The fourth-order valence-electron chi connectivity index (χ4n) is 9.93. The van der Waals surface area contributed by atoms with E-state index >= 15 is 0 Å². The van der Waals surface area contributed by atoms with Gasteiger partial charge in [-0.25, -0.2) is 4.39 Å². The zero-order valence-corrected chi connectivity index (χ0v) is 22.4. The number of nitrogens with zero attached hydrogens (tertiary/aromatic N) is 2. The molecule has 1 aliphatic heterocycles. The zero-order chi connectivity index (χ0) is 25.4. The van der Waals surface area contributed by atoms with E-state index in [1.807, 2.05) is 7.05 Å². The molecule has 4 fully saturated rings.